The highest BCUT2D eigenvalue weighted by Gasteiger charge is 2.21. The SMILES string of the molecule is CCNc1nc(Nc2ccc(C(=O)N3CCN(C)CC3)cc2OC)nc2c(Cl)c[nH]c12. The number of amides is 1. The Balaban J connectivity index is 1.60. The van der Waals surface area contributed by atoms with Crippen molar-refractivity contribution in [1.82, 2.24) is 24.8 Å². The van der Waals surface area contributed by atoms with Crippen molar-refractivity contribution in [2.24, 2.45) is 0 Å². The molecule has 1 fully saturated rings. The van der Waals surface area contributed by atoms with Crippen LogP contribution in [0.15, 0.2) is 24.4 Å². The number of ether oxygens (including phenoxy) is 1. The van der Waals surface area contributed by atoms with Gasteiger partial charge in [0.15, 0.2) is 5.82 Å². The second-order valence-corrected chi connectivity index (χ2v) is 7.83. The van der Waals surface area contributed by atoms with Crippen LogP contribution in [-0.2, 0) is 0 Å². The van der Waals surface area contributed by atoms with E-state index in [1.165, 1.54) is 0 Å². The molecule has 9 nitrogen and oxygen atoms in total. The van der Waals surface area contributed by atoms with Crippen molar-refractivity contribution in [3.05, 3.63) is 35.0 Å². The first kappa shape index (κ1) is 21.2. The topological polar surface area (TPSA) is 98.4 Å². The second-order valence-electron chi connectivity index (χ2n) is 7.42. The monoisotopic (exact) mass is 443 g/mol. The fourth-order valence-corrected chi connectivity index (χ4v) is 3.76. The number of carbonyl (C=O) groups excluding carboxylic acids is 1. The van der Waals surface area contributed by atoms with Gasteiger partial charge in [-0.05, 0) is 32.2 Å². The van der Waals surface area contributed by atoms with Crippen LogP contribution in [0, 0.1) is 0 Å². The lowest BCUT2D eigenvalue weighted by Crippen LogP contribution is -2.47. The van der Waals surface area contributed by atoms with E-state index in [2.05, 4.69) is 37.5 Å². The molecule has 0 aliphatic carbocycles. The molecule has 164 valence electrons. The van der Waals surface area contributed by atoms with Gasteiger partial charge in [-0.1, -0.05) is 11.6 Å². The smallest absolute Gasteiger partial charge is 0.254 e. The number of piperazine rings is 1. The number of likely N-dealkylation sites (N-methyl/N-ethyl adjacent to an activating group) is 1. The summed E-state index contributed by atoms with van der Waals surface area (Å²) >= 11 is 6.27. The third kappa shape index (κ3) is 4.38. The number of aromatic amines is 1. The summed E-state index contributed by atoms with van der Waals surface area (Å²) in [5, 5.41) is 6.92. The minimum absolute atomic E-state index is 0.00385. The summed E-state index contributed by atoms with van der Waals surface area (Å²) in [4.78, 5) is 29.2. The van der Waals surface area contributed by atoms with E-state index in [1.807, 2.05) is 11.8 Å². The van der Waals surface area contributed by atoms with Crippen molar-refractivity contribution in [1.29, 1.82) is 0 Å². The lowest BCUT2D eigenvalue weighted by molar-refractivity contribution is 0.0664. The van der Waals surface area contributed by atoms with Crippen molar-refractivity contribution in [2.45, 2.75) is 6.92 Å². The van der Waals surface area contributed by atoms with Gasteiger partial charge in [-0.3, -0.25) is 4.79 Å². The number of benzene rings is 1. The lowest BCUT2D eigenvalue weighted by Gasteiger charge is -2.32. The number of hydrogen-bond donors (Lipinski definition) is 3. The Bertz CT molecular complexity index is 1090. The second kappa shape index (κ2) is 8.99. The van der Waals surface area contributed by atoms with Crippen LogP contribution in [0.5, 0.6) is 5.75 Å². The quantitative estimate of drug-likeness (QED) is 0.538. The molecule has 31 heavy (non-hydrogen) atoms. The minimum Gasteiger partial charge on any atom is -0.495 e. The van der Waals surface area contributed by atoms with Gasteiger partial charge in [-0.25, -0.2) is 4.98 Å². The highest BCUT2D eigenvalue weighted by atomic mass is 35.5. The Morgan fingerprint density at radius 2 is 2.03 bits per heavy atom. The van der Waals surface area contributed by atoms with Crippen molar-refractivity contribution < 1.29 is 9.53 Å². The van der Waals surface area contributed by atoms with E-state index in [0.717, 1.165) is 31.7 Å². The van der Waals surface area contributed by atoms with Gasteiger partial charge in [0.2, 0.25) is 5.95 Å². The van der Waals surface area contributed by atoms with Gasteiger partial charge in [-0.15, -0.1) is 0 Å². The van der Waals surface area contributed by atoms with Crippen LogP contribution in [0.3, 0.4) is 0 Å². The molecule has 0 atom stereocenters. The van der Waals surface area contributed by atoms with E-state index in [1.54, 1.807) is 31.5 Å². The molecule has 1 aromatic carbocycles. The van der Waals surface area contributed by atoms with Gasteiger partial charge in [0.05, 0.1) is 17.8 Å². The number of hydrogen-bond acceptors (Lipinski definition) is 7. The molecule has 1 aliphatic heterocycles. The van der Waals surface area contributed by atoms with Crippen molar-refractivity contribution in [3.8, 4) is 5.75 Å². The van der Waals surface area contributed by atoms with E-state index in [4.69, 9.17) is 16.3 Å². The maximum Gasteiger partial charge on any atom is 0.254 e. The molecule has 0 bridgehead atoms. The zero-order chi connectivity index (χ0) is 22.0. The molecule has 4 rings (SSSR count). The average molecular weight is 444 g/mol. The van der Waals surface area contributed by atoms with Crippen LogP contribution < -0.4 is 15.4 Å². The van der Waals surface area contributed by atoms with Crippen LogP contribution in [0.2, 0.25) is 5.02 Å². The number of fused-ring (bicyclic) bond motifs is 1. The molecule has 1 amide bonds. The molecule has 2 aromatic heterocycles. The number of carbonyl (C=O) groups is 1. The summed E-state index contributed by atoms with van der Waals surface area (Å²) in [7, 11) is 3.63. The standard InChI is InChI=1S/C21H26ClN7O2/c1-4-23-19-18-17(14(22)12-24-18)26-21(27-19)25-15-6-5-13(11-16(15)31-3)20(30)29-9-7-28(2)8-10-29/h5-6,11-12,24H,4,7-10H2,1-3H3,(H2,23,25,26,27). The first-order valence-electron chi connectivity index (χ1n) is 10.2. The van der Waals surface area contributed by atoms with Crippen LogP contribution >= 0.6 is 11.6 Å². The molecule has 3 N–H and O–H groups in total. The Morgan fingerprint density at radius 1 is 1.26 bits per heavy atom. The van der Waals surface area contributed by atoms with Crippen LogP contribution in [0.25, 0.3) is 11.0 Å². The summed E-state index contributed by atoms with van der Waals surface area (Å²) in [6.45, 7) is 5.88. The highest BCUT2D eigenvalue weighted by Crippen LogP contribution is 2.31. The number of rotatable bonds is 6. The third-order valence-electron chi connectivity index (χ3n) is 5.31. The van der Waals surface area contributed by atoms with Crippen LogP contribution in [0.1, 0.15) is 17.3 Å². The predicted octanol–water partition coefficient (Wildman–Crippen LogP) is 3.18. The van der Waals surface area contributed by atoms with E-state index >= 15 is 0 Å². The van der Waals surface area contributed by atoms with Crippen LogP contribution in [-0.4, -0.2) is 77.5 Å². The Labute approximate surface area is 185 Å². The number of H-pyrrole nitrogens is 1. The predicted molar refractivity (Wildman–Crippen MR) is 123 cm³/mol. The molecule has 3 heterocycles. The molecular formula is C21H26ClN7O2. The van der Waals surface area contributed by atoms with Gasteiger partial charge in [0.25, 0.3) is 5.91 Å². The zero-order valence-corrected chi connectivity index (χ0v) is 18.6. The summed E-state index contributed by atoms with van der Waals surface area (Å²) in [5.74, 6) is 1.57. The summed E-state index contributed by atoms with van der Waals surface area (Å²) in [6.07, 6.45) is 1.69. The number of nitrogens with zero attached hydrogens (tertiary/aromatic N) is 4. The third-order valence-corrected chi connectivity index (χ3v) is 5.60. The maximum absolute atomic E-state index is 12.9. The molecule has 1 saturated heterocycles. The van der Waals surface area contributed by atoms with Gasteiger partial charge < -0.3 is 30.2 Å². The minimum atomic E-state index is 0.00385. The number of aromatic nitrogens is 3. The zero-order valence-electron chi connectivity index (χ0n) is 17.8. The van der Waals surface area contributed by atoms with E-state index < -0.39 is 0 Å². The van der Waals surface area contributed by atoms with E-state index in [9.17, 15) is 4.79 Å². The Kier molecular flexibility index (Phi) is 6.15. The number of methoxy groups -OCH3 is 1. The fraction of sp³-hybridized carbons (Fsp3) is 0.381. The largest absolute Gasteiger partial charge is 0.495 e. The van der Waals surface area contributed by atoms with Crippen molar-refractivity contribution in [2.75, 3.05) is 57.5 Å². The highest BCUT2D eigenvalue weighted by molar-refractivity contribution is 6.35. The van der Waals surface area contributed by atoms with Crippen molar-refractivity contribution >= 4 is 46.0 Å². The molecule has 10 heteroatoms. The number of halogens is 1. The molecule has 0 saturated carbocycles. The molecule has 1 aliphatic rings. The molecule has 3 aromatic rings. The molecule has 0 spiro atoms. The molecular weight excluding hydrogens is 418 g/mol. The lowest BCUT2D eigenvalue weighted by atomic mass is 10.1. The van der Waals surface area contributed by atoms with Gasteiger partial charge >= 0.3 is 0 Å². The first-order chi connectivity index (χ1) is 15.0. The average Bonchev–Trinajstić information content (AvgIpc) is 3.15. The van der Waals surface area contributed by atoms with E-state index in [0.29, 0.717) is 45.9 Å². The Morgan fingerprint density at radius 3 is 2.74 bits per heavy atom. The van der Waals surface area contributed by atoms with Crippen molar-refractivity contribution in [3.63, 3.8) is 0 Å². The molecule has 0 unspecified atom stereocenters. The first-order valence-corrected chi connectivity index (χ1v) is 10.6. The fourth-order valence-electron chi connectivity index (χ4n) is 3.57. The van der Waals surface area contributed by atoms with Gasteiger partial charge in [0, 0.05) is 44.5 Å². The summed E-state index contributed by atoms with van der Waals surface area (Å²) in [5.41, 5.74) is 2.62. The molecule has 0 radical (unpaired) electrons. The van der Waals surface area contributed by atoms with Gasteiger partial charge in [0.1, 0.15) is 16.8 Å². The summed E-state index contributed by atoms with van der Waals surface area (Å²) in [6, 6.07) is 5.34. The van der Waals surface area contributed by atoms with Gasteiger partial charge in [-0.2, -0.15) is 4.98 Å². The summed E-state index contributed by atoms with van der Waals surface area (Å²) < 4.78 is 5.54. The normalized spacial score (nSPS) is 14.6. The number of anilines is 3. The number of nitrogens with one attached hydrogen (secondary N) is 3. The van der Waals surface area contributed by atoms with Crippen LogP contribution in [0.4, 0.5) is 17.5 Å². The van der Waals surface area contributed by atoms with E-state index in [-0.39, 0.29) is 5.91 Å². The maximum atomic E-state index is 12.9. The Hall–Kier alpha value is -3.04.